The molecule has 0 radical (unpaired) electrons. The first-order valence-electron chi connectivity index (χ1n) is 8.09. The fourth-order valence-electron chi connectivity index (χ4n) is 3.49. The Labute approximate surface area is 144 Å². The summed E-state index contributed by atoms with van der Waals surface area (Å²) in [6, 6.07) is 5.31. The van der Waals surface area contributed by atoms with Gasteiger partial charge in [-0.05, 0) is 24.6 Å². The molecule has 2 aliphatic rings. The van der Waals surface area contributed by atoms with E-state index in [1.54, 1.807) is 12.1 Å². The first-order chi connectivity index (χ1) is 12.0. The molecule has 1 aromatic carbocycles. The molecule has 0 spiro atoms. The van der Waals surface area contributed by atoms with Gasteiger partial charge in [-0.1, -0.05) is 0 Å². The molecule has 1 fully saturated rings. The van der Waals surface area contributed by atoms with E-state index >= 15 is 0 Å². The largest absolute Gasteiger partial charge is 0.487 e. The van der Waals surface area contributed by atoms with E-state index in [4.69, 9.17) is 19.3 Å². The van der Waals surface area contributed by atoms with E-state index in [-0.39, 0.29) is 37.6 Å². The Morgan fingerprint density at radius 3 is 2.88 bits per heavy atom. The number of fused-ring (bicyclic) bond motifs is 3. The molecule has 0 unspecified atom stereocenters. The van der Waals surface area contributed by atoms with E-state index in [0.717, 1.165) is 5.56 Å². The molecule has 0 aliphatic carbocycles. The second-order valence-electron chi connectivity index (χ2n) is 6.24. The molecule has 3 N–H and O–H groups in total. The maximum absolute atomic E-state index is 11.7. The van der Waals surface area contributed by atoms with Crippen LogP contribution in [0.4, 0.5) is 5.69 Å². The number of amides is 1. The van der Waals surface area contributed by atoms with Gasteiger partial charge in [-0.2, -0.15) is 0 Å². The number of anilines is 1. The highest BCUT2D eigenvalue weighted by molar-refractivity contribution is 5.91. The molecule has 1 amide bonds. The molecule has 2 aliphatic heterocycles. The van der Waals surface area contributed by atoms with Gasteiger partial charge >= 0.3 is 5.97 Å². The lowest BCUT2D eigenvalue weighted by Gasteiger charge is -2.36. The third kappa shape index (κ3) is 3.76. The van der Waals surface area contributed by atoms with E-state index < -0.39 is 18.2 Å². The minimum Gasteiger partial charge on any atom is -0.487 e. The summed E-state index contributed by atoms with van der Waals surface area (Å²) in [5, 5.41) is 21.3. The molecular formula is C17H21NO7. The van der Waals surface area contributed by atoms with Crippen molar-refractivity contribution >= 4 is 17.6 Å². The number of hydrogen-bond acceptors (Lipinski definition) is 6. The summed E-state index contributed by atoms with van der Waals surface area (Å²) in [6.45, 7) is -0.288. The van der Waals surface area contributed by atoms with Crippen LogP contribution in [0.1, 0.15) is 24.3 Å². The molecule has 1 aromatic rings. The smallest absolute Gasteiger partial charge is 0.305 e. The molecule has 136 valence electrons. The van der Waals surface area contributed by atoms with Gasteiger partial charge in [-0.3, -0.25) is 9.59 Å². The lowest BCUT2D eigenvalue weighted by molar-refractivity contribution is -0.153. The number of aliphatic hydroxyl groups excluding tert-OH is 1. The van der Waals surface area contributed by atoms with Crippen LogP contribution < -0.4 is 10.1 Å². The van der Waals surface area contributed by atoms with Crippen LogP contribution in [0.3, 0.4) is 0 Å². The van der Waals surface area contributed by atoms with Crippen molar-refractivity contribution in [2.45, 2.75) is 37.1 Å². The number of carboxylic acids is 1. The highest BCUT2D eigenvalue weighted by Crippen LogP contribution is 2.47. The summed E-state index contributed by atoms with van der Waals surface area (Å²) in [6.07, 6.45) is -1.08. The number of rotatable bonds is 6. The van der Waals surface area contributed by atoms with Gasteiger partial charge in [0.05, 0.1) is 19.1 Å². The Balaban J connectivity index is 1.81. The second kappa shape index (κ2) is 7.38. The first kappa shape index (κ1) is 17.7. The number of nitrogens with one attached hydrogen (secondary N) is 1. The van der Waals surface area contributed by atoms with Crippen LogP contribution in [0.15, 0.2) is 18.2 Å². The van der Waals surface area contributed by atoms with E-state index in [1.165, 1.54) is 7.11 Å². The summed E-state index contributed by atoms with van der Waals surface area (Å²) < 4.78 is 16.4. The standard InChI is InChI=1S/C17H21NO7/c1-23-8-15(20)18-9-2-3-13-11(4-9)12-5-10(6-16(21)22)24-14(7-19)17(12)25-13/h2-4,10,12,14,17,19H,5-8H2,1H3,(H,18,20)(H,21,22)/t10-,12-,14-,17+/m0/s1. The number of carboxylic acid groups (broad SMARTS) is 1. The summed E-state index contributed by atoms with van der Waals surface area (Å²) >= 11 is 0. The maximum atomic E-state index is 11.7. The molecule has 0 saturated carbocycles. The number of ether oxygens (including phenoxy) is 3. The fourth-order valence-corrected chi connectivity index (χ4v) is 3.49. The molecule has 1 saturated heterocycles. The van der Waals surface area contributed by atoms with Gasteiger partial charge in [0, 0.05) is 24.3 Å². The maximum Gasteiger partial charge on any atom is 0.305 e. The van der Waals surface area contributed by atoms with Crippen LogP contribution in [-0.4, -0.2) is 60.7 Å². The quantitative estimate of drug-likeness (QED) is 0.692. The second-order valence-corrected chi connectivity index (χ2v) is 6.24. The SMILES string of the molecule is COCC(=O)Nc1ccc2c(c1)[C@@H]1C[C@@H](CC(=O)O)O[C@@H](CO)[C@@H]1O2. The normalized spacial score (nSPS) is 27.1. The molecule has 2 heterocycles. The zero-order chi connectivity index (χ0) is 18.0. The van der Waals surface area contributed by atoms with Gasteiger partial charge in [0.1, 0.15) is 24.6 Å². The first-order valence-corrected chi connectivity index (χ1v) is 8.09. The molecule has 3 rings (SSSR count). The zero-order valence-electron chi connectivity index (χ0n) is 13.8. The average Bonchev–Trinajstić information content (AvgIpc) is 2.92. The van der Waals surface area contributed by atoms with Crippen molar-refractivity contribution in [2.75, 3.05) is 25.6 Å². The Morgan fingerprint density at radius 1 is 1.40 bits per heavy atom. The number of aliphatic hydroxyl groups is 1. The van der Waals surface area contributed by atoms with Crippen LogP contribution in [0.5, 0.6) is 5.75 Å². The Bertz CT molecular complexity index is 662. The summed E-state index contributed by atoms with van der Waals surface area (Å²) in [5.74, 6) is -0.635. The van der Waals surface area contributed by atoms with Crippen LogP contribution in [0.25, 0.3) is 0 Å². The van der Waals surface area contributed by atoms with Gasteiger partial charge in [0.15, 0.2) is 0 Å². The van der Waals surface area contributed by atoms with Crippen molar-refractivity contribution in [1.82, 2.24) is 0 Å². The Kier molecular flexibility index (Phi) is 5.22. The fraction of sp³-hybridized carbons (Fsp3) is 0.529. The van der Waals surface area contributed by atoms with Crippen LogP contribution in [0, 0.1) is 0 Å². The molecule has 0 aromatic heterocycles. The van der Waals surface area contributed by atoms with Crippen molar-refractivity contribution in [1.29, 1.82) is 0 Å². The monoisotopic (exact) mass is 351 g/mol. The predicted octanol–water partition coefficient (Wildman–Crippen LogP) is 0.741. The van der Waals surface area contributed by atoms with Gasteiger partial charge in [-0.15, -0.1) is 0 Å². The van der Waals surface area contributed by atoms with E-state index in [0.29, 0.717) is 17.9 Å². The van der Waals surface area contributed by atoms with E-state index in [2.05, 4.69) is 5.32 Å². The van der Waals surface area contributed by atoms with Gasteiger partial charge in [0.25, 0.3) is 0 Å². The minimum absolute atomic E-state index is 0.0409. The molecule has 8 nitrogen and oxygen atoms in total. The average molecular weight is 351 g/mol. The van der Waals surface area contributed by atoms with Gasteiger partial charge < -0.3 is 29.7 Å². The summed E-state index contributed by atoms with van der Waals surface area (Å²) in [5.41, 5.74) is 1.50. The van der Waals surface area contributed by atoms with Crippen LogP contribution in [0.2, 0.25) is 0 Å². The number of carbonyl (C=O) groups excluding carboxylic acids is 1. The van der Waals surface area contributed by atoms with E-state index in [9.17, 15) is 14.7 Å². The zero-order valence-corrected chi connectivity index (χ0v) is 13.8. The van der Waals surface area contributed by atoms with Crippen LogP contribution in [-0.2, 0) is 19.1 Å². The van der Waals surface area contributed by atoms with Crippen molar-refractivity contribution in [2.24, 2.45) is 0 Å². The van der Waals surface area contributed by atoms with Gasteiger partial charge in [-0.25, -0.2) is 0 Å². The Hall–Kier alpha value is -2.16. The molecule has 4 atom stereocenters. The third-order valence-corrected chi connectivity index (χ3v) is 4.46. The third-order valence-electron chi connectivity index (χ3n) is 4.46. The van der Waals surface area contributed by atoms with Crippen molar-refractivity contribution in [3.63, 3.8) is 0 Å². The minimum atomic E-state index is -0.945. The number of methoxy groups -OCH3 is 1. The lowest BCUT2D eigenvalue weighted by atomic mass is 9.84. The van der Waals surface area contributed by atoms with Gasteiger partial charge in [0.2, 0.25) is 5.91 Å². The lowest BCUT2D eigenvalue weighted by Crippen LogP contribution is -2.46. The molecular weight excluding hydrogens is 330 g/mol. The highest BCUT2D eigenvalue weighted by atomic mass is 16.6. The van der Waals surface area contributed by atoms with Crippen molar-refractivity contribution < 1.29 is 34.0 Å². The van der Waals surface area contributed by atoms with Crippen LogP contribution >= 0.6 is 0 Å². The number of carbonyl (C=O) groups is 2. The highest BCUT2D eigenvalue weighted by Gasteiger charge is 2.46. The number of aliphatic carboxylic acids is 1. The number of benzene rings is 1. The van der Waals surface area contributed by atoms with Crippen molar-refractivity contribution in [3.8, 4) is 5.75 Å². The van der Waals surface area contributed by atoms with E-state index in [1.807, 2.05) is 6.07 Å². The molecule has 0 bridgehead atoms. The van der Waals surface area contributed by atoms with Crippen molar-refractivity contribution in [3.05, 3.63) is 23.8 Å². The summed E-state index contributed by atoms with van der Waals surface area (Å²) in [4.78, 5) is 22.7. The molecule has 25 heavy (non-hydrogen) atoms. The predicted molar refractivity (Wildman–Crippen MR) is 86.7 cm³/mol. The summed E-state index contributed by atoms with van der Waals surface area (Å²) in [7, 11) is 1.44. The molecule has 8 heteroatoms. The topological polar surface area (TPSA) is 114 Å². The number of hydrogen-bond donors (Lipinski definition) is 3. The Morgan fingerprint density at radius 2 is 2.20 bits per heavy atom.